The molecule has 0 unspecified atom stereocenters. The predicted molar refractivity (Wildman–Crippen MR) is 80.4 cm³/mol. The Morgan fingerprint density at radius 3 is 2.81 bits per heavy atom. The van der Waals surface area contributed by atoms with Crippen LogP contribution in [0.2, 0.25) is 0 Å². The standard InChI is InChI=1S/C16H24N2O3/c1-12-5-6-14(17-9-12)20-11-13-7-8-18(10-13)15(19)21-16(2,3)4/h5-6,9,13H,7-8,10-11H2,1-4H3/t13-/m1/s1. The summed E-state index contributed by atoms with van der Waals surface area (Å²) >= 11 is 0. The molecule has 5 heteroatoms. The van der Waals surface area contributed by atoms with Gasteiger partial charge in [-0.05, 0) is 39.7 Å². The maximum atomic E-state index is 12.0. The smallest absolute Gasteiger partial charge is 0.410 e. The zero-order valence-corrected chi connectivity index (χ0v) is 13.3. The first-order valence-electron chi connectivity index (χ1n) is 7.37. The minimum Gasteiger partial charge on any atom is -0.477 e. The van der Waals surface area contributed by atoms with Crippen LogP contribution in [0.4, 0.5) is 4.79 Å². The molecule has 0 aliphatic carbocycles. The molecule has 0 spiro atoms. The zero-order valence-electron chi connectivity index (χ0n) is 13.3. The second-order valence-corrected chi connectivity index (χ2v) is 6.57. The monoisotopic (exact) mass is 292 g/mol. The van der Waals surface area contributed by atoms with Crippen LogP contribution in [0.15, 0.2) is 18.3 Å². The lowest BCUT2D eigenvalue weighted by molar-refractivity contribution is 0.0284. The van der Waals surface area contributed by atoms with Gasteiger partial charge in [-0.25, -0.2) is 9.78 Å². The van der Waals surface area contributed by atoms with Gasteiger partial charge in [0.05, 0.1) is 6.61 Å². The molecule has 0 saturated carbocycles. The molecule has 5 nitrogen and oxygen atoms in total. The molecule has 1 aromatic heterocycles. The fraction of sp³-hybridized carbons (Fsp3) is 0.625. The van der Waals surface area contributed by atoms with E-state index < -0.39 is 5.60 Å². The largest absolute Gasteiger partial charge is 0.477 e. The van der Waals surface area contributed by atoms with E-state index in [-0.39, 0.29) is 6.09 Å². The Morgan fingerprint density at radius 2 is 2.19 bits per heavy atom. The van der Waals surface area contributed by atoms with E-state index >= 15 is 0 Å². The Morgan fingerprint density at radius 1 is 1.43 bits per heavy atom. The fourth-order valence-electron chi connectivity index (χ4n) is 2.20. The van der Waals surface area contributed by atoms with E-state index in [1.165, 1.54) is 0 Å². The number of aryl methyl sites for hydroxylation is 1. The van der Waals surface area contributed by atoms with Gasteiger partial charge >= 0.3 is 6.09 Å². The van der Waals surface area contributed by atoms with E-state index in [1.807, 2.05) is 39.8 Å². The van der Waals surface area contributed by atoms with Crippen molar-refractivity contribution < 1.29 is 14.3 Å². The maximum absolute atomic E-state index is 12.0. The number of carbonyl (C=O) groups excluding carboxylic acids is 1. The molecule has 1 aliphatic heterocycles. The minimum atomic E-state index is -0.447. The number of pyridine rings is 1. The summed E-state index contributed by atoms with van der Waals surface area (Å²) in [5, 5.41) is 0. The second-order valence-electron chi connectivity index (χ2n) is 6.57. The maximum Gasteiger partial charge on any atom is 0.410 e. The van der Waals surface area contributed by atoms with Crippen LogP contribution < -0.4 is 4.74 Å². The van der Waals surface area contributed by atoms with Crippen molar-refractivity contribution in [3.63, 3.8) is 0 Å². The average molecular weight is 292 g/mol. The number of hydrogen-bond acceptors (Lipinski definition) is 4. The SMILES string of the molecule is Cc1ccc(OC[C@@H]2CCN(C(=O)OC(C)(C)C)C2)nc1. The third-order valence-electron chi connectivity index (χ3n) is 3.29. The van der Waals surface area contributed by atoms with Gasteiger partial charge in [0.2, 0.25) is 5.88 Å². The lowest BCUT2D eigenvalue weighted by Gasteiger charge is -2.24. The van der Waals surface area contributed by atoms with E-state index in [2.05, 4.69) is 4.98 Å². The Hall–Kier alpha value is -1.78. The Bertz CT molecular complexity index is 479. The topological polar surface area (TPSA) is 51.7 Å². The normalized spacial score (nSPS) is 18.7. The molecule has 0 bridgehead atoms. The number of rotatable bonds is 3. The first-order valence-corrected chi connectivity index (χ1v) is 7.37. The number of ether oxygens (including phenoxy) is 2. The number of amides is 1. The number of aromatic nitrogens is 1. The van der Waals surface area contributed by atoms with Crippen LogP contribution in [0.1, 0.15) is 32.8 Å². The number of carbonyl (C=O) groups is 1. The van der Waals surface area contributed by atoms with Crippen LogP contribution in [-0.2, 0) is 4.74 Å². The van der Waals surface area contributed by atoms with Gasteiger partial charge in [-0.3, -0.25) is 0 Å². The van der Waals surface area contributed by atoms with Crippen molar-refractivity contribution in [2.75, 3.05) is 19.7 Å². The first kappa shape index (κ1) is 15.6. The summed E-state index contributed by atoms with van der Waals surface area (Å²) in [5.74, 6) is 0.969. The van der Waals surface area contributed by atoms with Crippen LogP contribution in [0.25, 0.3) is 0 Å². The molecule has 1 atom stereocenters. The van der Waals surface area contributed by atoms with Crippen molar-refractivity contribution in [1.29, 1.82) is 0 Å². The highest BCUT2D eigenvalue weighted by molar-refractivity contribution is 5.68. The molecule has 1 fully saturated rings. The molecular weight excluding hydrogens is 268 g/mol. The number of nitrogens with zero attached hydrogens (tertiary/aromatic N) is 2. The summed E-state index contributed by atoms with van der Waals surface area (Å²) in [7, 11) is 0. The number of hydrogen-bond donors (Lipinski definition) is 0. The van der Waals surface area contributed by atoms with Crippen LogP contribution >= 0.6 is 0 Å². The third kappa shape index (κ3) is 4.92. The van der Waals surface area contributed by atoms with E-state index in [4.69, 9.17) is 9.47 Å². The Labute approximate surface area is 126 Å². The molecule has 0 N–H and O–H groups in total. The molecular formula is C16H24N2O3. The summed E-state index contributed by atoms with van der Waals surface area (Å²) in [6.07, 6.45) is 2.49. The summed E-state index contributed by atoms with van der Waals surface area (Å²) < 4.78 is 11.1. The molecule has 0 aromatic carbocycles. The molecule has 2 heterocycles. The summed E-state index contributed by atoms with van der Waals surface area (Å²) in [4.78, 5) is 17.9. The molecule has 2 rings (SSSR count). The molecule has 1 amide bonds. The highest BCUT2D eigenvalue weighted by atomic mass is 16.6. The van der Waals surface area contributed by atoms with Gasteiger partial charge in [0, 0.05) is 31.3 Å². The highest BCUT2D eigenvalue weighted by Gasteiger charge is 2.30. The average Bonchev–Trinajstić information content (AvgIpc) is 2.85. The van der Waals surface area contributed by atoms with Crippen molar-refractivity contribution in [1.82, 2.24) is 9.88 Å². The van der Waals surface area contributed by atoms with Gasteiger partial charge in [-0.1, -0.05) is 6.07 Å². The van der Waals surface area contributed by atoms with Gasteiger partial charge in [0.1, 0.15) is 5.60 Å². The summed E-state index contributed by atoms with van der Waals surface area (Å²) in [6, 6.07) is 3.85. The van der Waals surface area contributed by atoms with Crippen LogP contribution in [0.5, 0.6) is 5.88 Å². The minimum absolute atomic E-state index is 0.238. The van der Waals surface area contributed by atoms with Crippen molar-refractivity contribution >= 4 is 6.09 Å². The Balaban J connectivity index is 1.77. The molecule has 1 aromatic rings. The van der Waals surface area contributed by atoms with Gasteiger partial charge in [-0.15, -0.1) is 0 Å². The van der Waals surface area contributed by atoms with Crippen LogP contribution in [0, 0.1) is 12.8 Å². The van der Waals surface area contributed by atoms with E-state index in [9.17, 15) is 4.79 Å². The first-order chi connectivity index (χ1) is 9.83. The quantitative estimate of drug-likeness (QED) is 0.859. The lowest BCUT2D eigenvalue weighted by Crippen LogP contribution is -2.35. The van der Waals surface area contributed by atoms with Crippen LogP contribution in [-0.4, -0.2) is 41.3 Å². The van der Waals surface area contributed by atoms with Gasteiger partial charge in [0.15, 0.2) is 0 Å². The van der Waals surface area contributed by atoms with Crippen molar-refractivity contribution in [3.05, 3.63) is 23.9 Å². The molecule has 21 heavy (non-hydrogen) atoms. The fourth-order valence-corrected chi connectivity index (χ4v) is 2.20. The van der Waals surface area contributed by atoms with Crippen LogP contribution in [0.3, 0.4) is 0 Å². The third-order valence-corrected chi connectivity index (χ3v) is 3.29. The second kappa shape index (κ2) is 6.33. The van der Waals surface area contributed by atoms with Crippen molar-refractivity contribution in [3.8, 4) is 5.88 Å². The van der Waals surface area contributed by atoms with Gasteiger partial charge in [0.25, 0.3) is 0 Å². The molecule has 1 aliphatic rings. The number of likely N-dealkylation sites (tertiary alicyclic amines) is 1. The van der Waals surface area contributed by atoms with E-state index in [0.29, 0.717) is 24.9 Å². The highest BCUT2D eigenvalue weighted by Crippen LogP contribution is 2.20. The Kier molecular flexibility index (Phi) is 4.70. The van der Waals surface area contributed by atoms with Crippen molar-refractivity contribution in [2.24, 2.45) is 5.92 Å². The predicted octanol–water partition coefficient (Wildman–Crippen LogP) is 3.03. The summed E-state index contributed by atoms with van der Waals surface area (Å²) in [6.45, 7) is 9.62. The molecule has 0 radical (unpaired) electrons. The summed E-state index contributed by atoms with van der Waals surface area (Å²) in [5.41, 5.74) is 0.664. The van der Waals surface area contributed by atoms with E-state index in [1.54, 1.807) is 11.1 Å². The van der Waals surface area contributed by atoms with Gasteiger partial charge < -0.3 is 14.4 Å². The molecule has 116 valence electrons. The van der Waals surface area contributed by atoms with Crippen molar-refractivity contribution in [2.45, 2.75) is 39.7 Å². The van der Waals surface area contributed by atoms with Gasteiger partial charge in [-0.2, -0.15) is 0 Å². The van der Waals surface area contributed by atoms with E-state index in [0.717, 1.165) is 18.5 Å². The zero-order chi connectivity index (χ0) is 15.5. The molecule has 1 saturated heterocycles. The lowest BCUT2D eigenvalue weighted by atomic mass is 10.1.